The van der Waals surface area contributed by atoms with E-state index in [1.165, 1.54) is 4.90 Å². The third-order valence-electron chi connectivity index (χ3n) is 4.22. The number of carbonyl (C=O) groups is 1. The Hall–Kier alpha value is -0.910. The van der Waals surface area contributed by atoms with Crippen molar-refractivity contribution in [2.24, 2.45) is 11.8 Å². The summed E-state index contributed by atoms with van der Waals surface area (Å²) < 4.78 is 26.0. The number of carboxylic acid groups (broad SMARTS) is 1. The summed E-state index contributed by atoms with van der Waals surface area (Å²) in [6.07, 6.45) is -0.658. The highest BCUT2D eigenvalue weighted by molar-refractivity contribution is 5.65. The standard InChI is InChI=1S/C12H19F2NO3/c13-12(14)4-1-8(2-5-12)10(16)9-3-6-15(7-9)11(17)18/h8-10,16H,1-7H2,(H,17,18). The van der Waals surface area contributed by atoms with Crippen molar-refractivity contribution in [2.45, 2.75) is 44.1 Å². The Morgan fingerprint density at radius 2 is 1.83 bits per heavy atom. The maximum Gasteiger partial charge on any atom is 0.407 e. The molecular formula is C12H19F2NO3. The predicted molar refractivity (Wildman–Crippen MR) is 60.6 cm³/mol. The van der Waals surface area contributed by atoms with E-state index in [4.69, 9.17) is 5.11 Å². The van der Waals surface area contributed by atoms with Gasteiger partial charge in [-0.3, -0.25) is 0 Å². The van der Waals surface area contributed by atoms with Crippen molar-refractivity contribution in [3.05, 3.63) is 0 Å². The van der Waals surface area contributed by atoms with E-state index in [-0.39, 0.29) is 24.7 Å². The Morgan fingerprint density at radius 3 is 2.33 bits per heavy atom. The predicted octanol–water partition coefficient (Wildman–Crippen LogP) is 2.17. The lowest BCUT2D eigenvalue weighted by molar-refractivity contribution is -0.0693. The highest BCUT2D eigenvalue weighted by Gasteiger charge is 2.41. The quantitative estimate of drug-likeness (QED) is 0.802. The summed E-state index contributed by atoms with van der Waals surface area (Å²) in [6.45, 7) is 0.753. The Kier molecular flexibility index (Phi) is 3.75. The number of alkyl halides is 2. The minimum atomic E-state index is -2.58. The van der Waals surface area contributed by atoms with Crippen LogP contribution < -0.4 is 0 Å². The van der Waals surface area contributed by atoms with E-state index in [1.807, 2.05) is 0 Å². The Labute approximate surface area is 105 Å². The zero-order valence-corrected chi connectivity index (χ0v) is 10.2. The van der Waals surface area contributed by atoms with Crippen LogP contribution in [0.5, 0.6) is 0 Å². The van der Waals surface area contributed by atoms with Crippen molar-refractivity contribution in [1.29, 1.82) is 0 Å². The number of aliphatic hydroxyl groups is 1. The van der Waals surface area contributed by atoms with Crippen LogP contribution in [0.1, 0.15) is 32.1 Å². The SMILES string of the molecule is O=C(O)N1CCC(C(O)C2CCC(F)(F)CC2)C1. The number of rotatable bonds is 2. The van der Waals surface area contributed by atoms with Gasteiger partial charge < -0.3 is 15.1 Å². The van der Waals surface area contributed by atoms with Crippen molar-refractivity contribution >= 4 is 6.09 Å². The molecule has 1 heterocycles. The van der Waals surface area contributed by atoms with Crippen LogP contribution >= 0.6 is 0 Å². The molecule has 0 aromatic heterocycles. The van der Waals surface area contributed by atoms with E-state index < -0.39 is 18.1 Å². The zero-order valence-electron chi connectivity index (χ0n) is 10.2. The Balaban J connectivity index is 1.85. The maximum absolute atomic E-state index is 13.0. The smallest absolute Gasteiger partial charge is 0.407 e. The average Bonchev–Trinajstić information content (AvgIpc) is 2.77. The molecule has 2 N–H and O–H groups in total. The molecule has 1 aliphatic heterocycles. The van der Waals surface area contributed by atoms with Gasteiger partial charge in [0, 0.05) is 31.8 Å². The highest BCUT2D eigenvalue weighted by Crippen LogP contribution is 2.39. The molecular weight excluding hydrogens is 244 g/mol. The van der Waals surface area contributed by atoms with Crippen molar-refractivity contribution in [3.8, 4) is 0 Å². The van der Waals surface area contributed by atoms with E-state index >= 15 is 0 Å². The van der Waals surface area contributed by atoms with Gasteiger partial charge in [0.1, 0.15) is 0 Å². The summed E-state index contributed by atoms with van der Waals surface area (Å²) in [5.74, 6) is -2.79. The lowest BCUT2D eigenvalue weighted by Crippen LogP contribution is -2.37. The van der Waals surface area contributed by atoms with Gasteiger partial charge in [-0.2, -0.15) is 0 Å². The topological polar surface area (TPSA) is 60.8 Å². The molecule has 0 bridgehead atoms. The normalized spacial score (nSPS) is 30.4. The summed E-state index contributed by atoms with van der Waals surface area (Å²) in [7, 11) is 0. The molecule has 0 aromatic carbocycles. The van der Waals surface area contributed by atoms with E-state index in [0.29, 0.717) is 32.4 Å². The van der Waals surface area contributed by atoms with Crippen LogP contribution in [0.25, 0.3) is 0 Å². The fraction of sp³-hybridized carbons (Fsp3) is 0.917. The third-order valence-corrected chi connectivity index (χ3v) is 4.22. The van der Waals surface area contributed by atoms with Crippen LogP contribution in [-0.4, -0.2) is 46.3 Å². The van der Waals surface area contributed by atoms with Gasteiger partial charge in [0.05, 0.1) is 6.10 Å². The van der Waals surface area contributed by atoms with Gasteiger partial charge in [-0.15, -0.1) is 0 Å². The molecule has 1 saturated carbocycles. The number of amides is 1. The number of hydrogen-bond acceptors (Lipinski definition) is 2. The average molecular weight is 263 g/mol. The van der Waals surface area contributed by atoms with E-state index in [2.05, 4.69) is 0 Å². The number of halogens is 2. The van der Waals surface area contributed by atoms with Crippen LogP contribution in [0.3, 0.4) is 0 Å². The highest BCUT2D eigenvalue weighted by atomic mass is 19.3. The van der Waals surface area contributed by atoms with E-state index in [1.54, 1.807) is 0 Å². The fourth-order valence-corrected chi connectivity index (χ4v) is 3.03. The van der Waals surface area contributed by atoms with Gasteiger partial charge in [-0.1, -0.05) is 0 Å². The molecule has 2 aliphatic rings. The van der Waals surface area contributed by atoms with Crippen molar-refractivity contribution in [2.75, 3.05) is 13.1 Å². The van der Waals surface area contributed by atoms with Crippen LogP contribution in [0.4, 0.5) is 13.6 Å². The van der Waals surface area contributed by atoms with Crippen LogP contribution in [0.15, 0.2) is 0 Å². The lowest BCUT2D eigenvalue weighted by atomic mass is 9.79. The molecule has 1 amide bonds. The summed E-state index contributed by atoms with van der Waals surface area (Å²) in [6, 6.07) is 0. The summed E-state index contributed by atoms with van der Waals surface area (Å²) in [4.78, 5) is 12.1. The summed E-state index contributed by atoms with van der Waals surface area (Å²) in [5, 5.41) is 19.0. The molecule has 0 radical (unpaired) electrons. The number of aliphatic hydroxyl groups excluding tert-OH is 1. The third kappa shape index (κ3) is 2.91. The molecule has 2 rings (SSSR count). The first-order valence-electron chi connectivity index (χ1n) is 6.43. The number of likely N-dealkylation sites (tertiary alicyclic amines) is 1. The molecule has 6 heteroatoms. The molecule has 104 valence electrons. The van der Waals surface area contributed by atoms with E-state index in [9.17, 15) is 18.7 Å². The van der Waals surface area contributed by atoms with Gasteiger partial charge in [-0.05, 0) is 25.2 Å². The largest absolute Gasteiger partial charge is 0.465 e. The first-order chi connectivity index (χ1) is 8.39. The fourth-order valence-electron chi connectivity index (χ4n) is 3.03. The van der Waals surface area contributed by atoms with Gasteiger partial charge in [0.25, 0.3) is 0 Å². The van der Waals surface area contributed by atoms with E-state index in [0.717, 1.165) is 0 Å². The molecule has 18 heavy (non-hydrogen) atoms. The molecule has 4 nitrogen and oxygen atoms in total. The molecule has 2 unspecified atom stereocenters. The zero-order chi connectivity index (χ0) is 13.3. The first-order valence-corrected chi connectivity index (χ1v) is 6.43. The Morgan fingerprint density at radius 1 is 1.22 bits per heavy atom. The molecule has 1 aliphatic carbocycles. The summed E-state index contributed by atoms with van der Waals surface area (Å²) >= 11 is 0. The monoisotopic (exact) mass is 263 g/mol. The Bertz CT molecular complexity index is 314. The molecule has 2 fully saturated rings. The van der Waals surface area contributed by atoms with Gasteiger partial charge in [0.2, 0.25) is 5.92 Å². The van der Waals surface area contributed by atoms with Crippen LogP contribution in [0, 0.1) is 11.8 Å². The number of nitrogens with zero attached hydrogens (tertiary/aromatic N) is 1. The minimum Gasteiger partial charge on any atom is -0.465 e. The van der Waals surface area contributed by atoms with Crippen molar-refractivity contribution in [3.63, 3.8) is 0 Å². The first kappa shape index (κ1) is 13.5. The van der Waals surface area contributed by atoms with Crippen LogP contribution in [0.2, 0.25) is 0 Å². The van der Waals surface area contributed by atoms with Gasteiger partial charge in [0.15, 0.2) is 0 Å². The van der Waals surface area contributed by atoms with Crippen LogP contribution in [-0.2, 0) is 0 Å². The maximum atomic E-state index is 13.0. The summed E-state index contributed by atoms with van der Waals surface area (Å²) in [5.41, 5.74) is 0. The number of hydrogen-bond donors (Lipinski definition) is 2. The van der Waals surface area contributed by atoms with Crippen molar-refractivity contribution < 1.29 is 23.8 Å². The van der Waals surface area contributed by atoms with Crippen molar-refractivity contribution in [1.82, 2.24) is 4.90 Å². The molecule has 1 saturated heterocycles. The molecule has 2 atom stereocenters. The molecule has 0 spiro atoms. The second-order valence-electron chi connectivity index (χ2n) is 5.46. The second-order valence-corrected chi connectivity index (χ2v) is 5.46. The van der Waals surface area contributed by atoms with Gasteiger partial charge >= 0.3 is 6.09 Å². The second kappa shape index (κ2) is 4.99. The minimum absolute atomic E-state index is 0.0992. The van der Waals surface area contributed by atoms with Gasteiger partial charge in [-0.25, -0.2) is 13.6 Å². The lowest BCUT2D eigenvalue weighted by Gasteiger charge is -2.33. The molecule has 0 aromatic rings.